The molecule has 0 aliphatic carbocycles. The maximum absolute atomic E-state index is 5.71. The molecule has 5 nitrogen and oxygen atoms in total. The van der Waals surface area contributed by atoms with Crippen LogP contribution < -0.4 is 10.5 Å². The van der Waals surface area contributed by atoms with Crippen LogP contribution in [0, 0.1) is 6.92 Å². The van der Waals surface area contributed by atoms with Crippen molar-refractivity contribution in [1.29, 1.82) is 0 Å². The minimum atomic E-state index is 0.411. The van der Waals surface area contributed by atoms with Crippen LogP contribution in [0.25, 0.3) is 0 Å². The molecule has 2 N–H and O–H groups in total. The first-order chi connectivity index (χ1) is 7.16. The van der Waals surface area contributed by atoms with Crippen molar-refractivity contribution in [2.24, 2.45) is 7.05 Å². The summed E-state index contributed by atoms with van der Waals surface area (Å²) in [5.74, 6) is 1.08. The van der Waals surface area contributed by atoms with Crippen molar-refractivity contribution < 1.29 is 4.74 Å². The summed E-state index contributed by atoms with van der Waals surface area (Å²) in [5, 5.41) is 4.09. The number of nitrogens with zero attached hydrogens (tertiary/aromatic N) is 3. The summed E-state index contributed by atoms with van der Waals surface area (Å²) in [6.45, 7) is 1.87. The Hall–Kier alpha value is -2.04. The van der Waals surface area contributed by atoms with Crippen molar-refractivity contribution in [2.75, 3.05) is 5.73 Å². The van der Waals surface area contributed by atoms with E-state index in [0.717, 1.165) is 5.69 Å². The largest absolute Gasteiger partial charge is 0.434 e. The molecule has 0 spiro atoms. The molecule has 0 saturated carbocycles. The van der Waals surface area contributed by atoms with E-state index in [1.807, 2.05) is 19.1 Å². The van der Waals surface area contributed by atoms with Gasteiger partial charge < -0.3 is 10.5 Å². The predicted molar refractivity (Wildman–Crippen MR) is 56.7 cm³/mol. The van der Waals surface area contributed by atoms with E-state index in [4.69, 9.17) is 10.5 Å². The zero-order valence-corrected chi connectivity index (χ0v) is 8.64. The molecule has 0 saturated heterocycles. The Labute approximate surface area is 87.5 Å². The first-order valence-corrected chi connectivity index (χ1v) is 4.55. The van der Waals surface area contributed by atoms with Crippen molar-refractivity contribution in [3.8, 4) is 11.6 Å². The van der Waals surface area contributed by atoms with Crippen LogP contribution in [0.2, 0.25) is 0 Å². The van der Waals surface area contributed by atoms with Crippen LogP contribution in [0.15, 0.2) is 24.5 Å². The summed E-state index contributed by atoms with van der Waals surface area (Å²) in [4.78, 5) is 4.11. The van der Waals surface area contributed by atoms with Crippen molar-refractivity contribution in [2.45, 2.75) is 6.92 Å². The van der Waals surface area contributed by atoms with Gasteiger partial charge in [0.15, 0.2) is 5.75 Å². The van der Waals surface area contributed by atoms with Crippen LogP contribution in [0.5, 0.6) is 11.6 Å². The van der Waals surface area contributed by atoms with Gasteiger partial charge in [0.05, 0.1) is 11.9 Å². The predicted octanol–water partition coefficient (Wildman–Crippen LogP) is 1.50. The molecule has 15 heavy (non-hydrogen) atoms. The molecule has 0 aromatic carbocycles. The Morgan fingerprint density at radius 2 is 2.27 bits per heavy atom. The average molecular weight is 204 g/mol. The SMILES string of the molecule is Cc1ncccc1Oc1nn(C)cc1N. The van der Waals surface area contributed by atoms with Gasteiger partial charge in [-0.2, -0.15) is 0 Å². The highest BCUT2D eigenvalue weighted by atomic mass is 16.5. The summed E-state index contributed by atoms with van der Waals surface area (Å²) in [6, 6.07) is 3.64. The lowest BCUT2D eigenvalue weighted by Crippen LogP contribution is -1.93. The summed E-state index contributed by atoms with van der Waals surface area (Å²) >= 11 is 0. The Balaban J connectivity index is 2.29. The quantitative estimate of drug-likeness (QED) is 0.805. The monoisotopic (exact) mass is 204 g/mol. The van der Waals surface area contributed by atoms with Gasteiger partial charge in [-0.3, -0.25) is 9.67 Å². The fourth-order valence-corrected chi connectivity index (χ4v) is 1.25. The van der Waals surface area contributed by atoms with Gasteiger partial charge in [-0.05, 0) is 19.1 Å². The van der Waals surface area contributed by atoms with Crippen LogP contribution in [0.4, 0.5) is 5.69 Å². The molecule has 0 radical (unpaired) electrons. The van der Waals surface area contributed by atoms with Crippen molar-refractivity contribution in [3.05, 3.63) is 30.2 Å². The molecule has 0 aliphatic heterocycles. The smallest absolute Gasteiger partial charge is 0.261 e. The first kappa shape index (κ1) is 9.51. The second-order valence-electron chi connectivity index (χ2n) is 3.25. The fraction of sp³-hybridized carbons (Fsp3) is 0.200. The van der Waals surface area contributed by atoms with E-state index < -0.39 is 0 Å². The molecule has 2 aromatic rings. The third kappa shape index (κ3) is 1.90. The van der Waals surface area contributed by atoms with Crippen LogP contribution in [-0.2, 0) is 7.05 Å². The summed E-state index contributed by atoms with van der Waals surface area (Å²) in [5.41, 5.74) is 7.03. The number of anilines is 1. The third-order valence-corrected chi connectivity index (χ3v) is 1.99. The van der Waals surface area contributed by atoms with E-state index in [0.29, 0.717) is 17.3 Å². The second-order valence-corrected chi connectivity index (χ2v) is 3.25. The van der Waals surface area contributed by atoms with Gasteiger partial charge in [-0.15, -0.1) is 5.10 Å². The van der Waals surface area contributed by atoms with E-state index in [2.05, 4.69) is 10.1 Å². The maximum atomic E-state index is 5.71. The fourth-order valence-electron chi connectivity index (χ4n) is 1.25. The van der Waals surface area contributed by atoms with E-state index in [1.165, 1.54) is 0 Å². The van der Waals surface area contributed by atoms with E-state index in [1.54, 1.807) is 24.1 Å². The number of pyridine rings is 1. The number of rotatable bonds is 2. The normalized spacial score (nSPS) is 10.3. The van der Waals surface area contributed by atoms with Gasteiger partial charge in [0.1, 0.15) is 5.69 Å². The summed E-state index contributed by atoms with van der Waals surface area (Å²) < 4.78 is 7.15. The van der Waals surface area contributed by atoms with Crippen LogP contribution in [0.1, 0.15) is 5.69 Å². The van der Waals surface area contributed by atoms with E-state index in [-0.39, 0.29) is 0 Å². The number of ether oxygens (including phenoxy) is 1. The summed E-state index contributed by atoms with van der Waals surface area (Å²) in [6.07, 6.45) is 3.41. The van der Waals surface area contributed by atoms with Crippen molar-refractivity contribution in [3.63, 3.8) is 0 Å². The Kier molecular flexibility index (Phi) is 2.29. The molecule has 0 atom stereocenters. The zero-order valence-electron chi connectivity index (χ0n) is 8.64. The molecular weight excluding hydrogens is 192 g/mol. The molecular formula is C10H12N4O. The number of nitrogens with two attached hydrogens (primary N) is 1. The van der Waals surface area contributed by atoms with Gasteiger partial charge in [-0.25, -0.2) is 0 Å². The van der Waals surface area contributed by atoms with E-state index >= 15 is 0 Å². The molecule has 0 aliphatic rings. The molecule has 5 heteroatoms. The zero-order chi connectivity index (χ0) is 10.8. The molecule has 0 fully saturated rings. The van der Waals surface area contributed by atoms with Gasteiger partial charge >= 0.3 is 0 Å². The molecule has 2 heterocycles. The molecule has 0 unspecified atom stereocenters. The van der Waals surface area contributed by atoms with Crippen molar-refractivity contribution >= 4 is 5.69 Å². The Bertz CT molecular complexity index is 478. The summed E-state index contributed by atoms with van der Waals surface area (Å²) in [7, 11) is 1.79. The third-order valence-electron chi connectivity index (χ3n) is 1.99. The highest BCUT2D eigenvalue weighted by molar-refractivity contribution is 5.48. The number of hydrogen-bond acceptors (Lipinski definition) is 4. The van der Waals surface area contributed by atoms with Gasteiger partial charge in [0.2, 0.25) is 0 Å². The van der Waals surface area contributed by atoms with E-state index in [9.17, 15) is 0 Å². The average Bonchev–Trinajstić information content (AvgIpc) is 2.49. The topological polar surface area (TPSA) is 66.0 Å². The van der Waals surface area contributed by atoms with Crippen LogP contribution in [-0.4, -0.2) is 14.8 Å². The number of hydrogen-bond donors (Lipinski definition) is 1. The number of aromatic nitrogens is 3. The molecule has 2 rings (SSSR count). The molecule has 78 valence electrons. The molecule has 0 amide bonds. The van der Waals surface area contributed by atoms with Crippen LogP contribution in [0.3, 0.4) is 0 Å². The van der Waals surface area contributed by atoms with Gasteiger partial charge in [0.25, 0.3) is 5.88 Å². The molecule has 2 aromatic heterocycles. The van der Waals surface area contributed by atoms with Crippen molar-refractivity contribution in [1.82, 2.24) is 14.8 Å². The Morgan fingerprint density at radius 3 is 2.87 bits per heavy atom. The highest BCUT2D eigenvalue weighted by Crippen LogP contribution is 2.26. The lowest BCUT2D eigenvalue weighted by Gasteiger charge is -2.04. The number of aryl methyl sites for hydroxylation is 2. The minimum Gasteiger partial charge on any atom is -0.434 e. The van der Waals surface area contributed by atoms with Gasteiger partial charge in [-0.1, -0.05) is 0 Å². The first-order valence-electron chi connectivity index (χ1n) is 4.55. The minimum absolute atomic E-state index is 0.411. The molecule has 0 bridgehead atoms. The highest BCUT2D eigenvalue weighted by Gasteiger charge is 2.08. The Morgan fingerprint density at radius 1 is 1.47 bits per heavy atom. The van der Waals surface area contributed by atoms with Gasteiger partial charge in [0, 0.05) is 13.2 Å². The number of nitrogen functional groups attached to an aromatic ring is 1. The lowest BCUT2D eigenvalue weighted by atomic mass is 10.3. The van der Waals surface area contributed by atoms with Crippen LogP contribution >= 0.6 is 0 Å². The standard InChI is InChI=1S/C10H12N4O/c1-7-9(4-3-5-12-7)15-10-8(11)6-14(2)13-10/h3-6H,11H2,1-2H3. The second kappa shape index (κ2) is 3.61. The lowest BCUT2D eigenvalue weighted by molar-refractivity contribution is 0.450. The maximum Gasteiger partial charge on any atom is 0.261 e.